The first-order valence-corrected chi connectivity index (χ1v) is 7.85. The van der Waals surface area contributed by atoms with Gasteiger partial charge >= 0.3 is 29.6 Å². The van der Waals surface area contributed by atoms with E-state index < -0.39 is 0 Å². The Hall–Kier alpha value is -2.40. The molecule has 0 atom stereocenters. The van der Waals surface area contributed by atoms with Gasteiger partial charge in [0, 0.05) is 22.1 Å². The monoisotopic (exact) mass is 333 g/mol. The molecule has 0 amide bonds. The van der Waals surface area contributed by atoms with E-state index in [9.17, 15) is 0 Å². The van der Waals surface area contributed by atoms with Crippen LogP contribution in [-0.2, 0) is 0 Å². The molecule has 5 heterocycles. The molecular weight excluding hydrogens is 319 g/mol. The van der Waals surface area contributed by atoms with Gasteiger partial charge in [-0.2, -0.15) is 0 Å². The van der Waals surface area contributed by atoms with Gasteiger partial charge in [0.05, 0.1) is 22.8 Å². The van der Waals surface area contributed by atoms with Crippen LogP contribution in [0.1, 0.15) is 22.8 Å². The Balaban J connectivity index is 0.00000157. The molecule has 3 aromatic rings. The summed E-state index contributed by atoms with van der Waals surface area (Å²) in [6.07, 6.45) is 8.05. The van der Waals surface area contributed by atoms with Gasteiger partial charge in [0.2, 0.25) is 0 Å². The molecule has 25 heavy (non-hydrogen) atoms. The van der Waals surface area contributed by atoms with Crippen molar-refractivity contribution in [2.75, 3.05) is 0 Å². The predicted molar refractivity (Wildman–Crippen MR) is 98.9 cm³/mol. The van der Waals surface area contributed by atoms with Crippen molar-refractivity contribution < 1.29 is 29.6 Å². The minimum absolute atomic E-state index is 0. The Morgan fingerprint density at radius 3 is 1.28 bits per heavy atom. The third kappa shape index (κ3) is 3.37. The number of fused-ring (bicyclic) bond motifs is 8. The van der Waals surface area contributed by atoms with Gasteiger partial charge in [-0.25, -0.2) is 9.97 Å². The van der Waals surface area contributed by atoms with Gasteiger partial charge < -0.3 is 9.97 Å². The summed E-state index contributed by atoms with van der Waals surface area (Å²) in [6.45, 7) is 0. The topological polar surface area (TPSA) is 57.4 Å². The molecule has 3 aromatic heterocycles. The van der Waals surface area contributed by atoms with E-state index in [1.807, 2.05) is 42.5 Å². The van der Waals surface area contributed by atoms with Crippen molar-refractivity contribution in [1.29, 1.82) is 0 Å². The first-order chi connectivity index (χ1) is 11.8. The summed E-state index contributed by atoms with van der Waals surface area (Å²) in [7, 11) is 0. The maximum Gasteiger partial charge on any atom is 1.00 e. The molecule has 4 nitrogen and oxygen atoms in total. The number of H-pyrrole nitrogens is 2. The Morgan fingerprint density at radius 1 is 0.480 bits per heavy atom. The zero-order valence-electron chi connectivity index (χ0n) is 13.8. The second-order valence-corrected chi connectivity index (χ2v) is 5.91. The number of nitrogens with zero attached hydrogens (tertiary/aromatic N) is 2. The molecular formula is C20H14N4Na+. The molecule has 0 spiro atoms. The standard InChI is InChI=1S/C20H14N4.Na/c1-2-14-10-16-5-6-18(23-16)12-20-8-7-19(24-20)11-17-4-3-15(22-17)9-13(1)21-14;/h1-12,21-22H;/q;+1. The SMILES string of the molecule is C1=Cc2cc3ccc(cc4ccc(cc5nc(cc1n2)C=C5)[nH]4)[nH]3.[Na+]. The van der Waals surface area contributed by atoms with Gasteiger partial charge in [0.25, 0.3) is 0 Å². The van der Waals surface area contributed by atoms with Crippen LogP contribution >= 0.6 is 0 Å². The summed E-state index contributed by atoms with van der Waals surface area (Å²) in [5.41, 5.74) is 7.86. The van der Waals surface area contributed by atoms with Crippen LogP contribution in [0.2, 0.25) is 0 Å². The fourth-order valence-corrected chi connectivity index (χ4v) is 2.94. The Labute approximate surface area is 166 Å². The average molecular weight is 333 g/mol. The van der Waals surface area contributed by atoms with Crippen LogP contribution < -0.4 is 29.6 Å². The molecule has 0 saturated carbocycles. The van der Waals surface area contributed by atoms with Crippen molar-refractivity contribution in [3.05, 3.63) is 71.3 Å². The molecule has 0 radical (unpaired) electrons. The van der Waals surface area contributed by atoms with Gasteiger partial charge in [0.15, 0.2) is 0 Å². The van der Waals surface area contributed by atoms with E-state index in [0.717, 1.165) is 44.8 Å². The molecule has 0 aliphatic carbocycles. The van der Waals surface area contributed by atoms with Crippen LogP contribution in [0.5, 0.6) is 0 Å². The predicted octanol–water partition coefficient (Wildman–Crippen LogP) is 1.66. The van der Waals surface area contributed by atoms with E-state index in [2.05, 4.69) is 50.3 Å². The summed E-state index contributed by atoms with van der Waals surface area (Å²) in [5, 5.41) is 0. The van der Waals surface area contributed by atoms with Crippen molar-refractivity contribution in [2.24, 2.45) is 0 Å². The molecule has 2 aliphatic rings. The fraction of sp³-hybridized carbons (Fsp3) is 0. The van der Waals surface area contributed by atoms with E-state index in [1.54, 1.807) is 0 Å². The van der Waals surface area contributed by atoms with Gasteiger partial charge in [0.1, 0.15) is 0 Å². The second-order valence-electron chi connectivity index (χ2n) is 5.91. The number of aromatic nitrogens is 4. The second kappa shape index (κ2) is 6.48. The van der Waals surface area contributed by atoms with Crippen LogP contribution in [0.4, 0.5) is 0 Å². The van der Waals surface area contributed by atoms with Crippen molar-refractivity contribution in [2.45, 2.75) is 0 Å². The Kier molecular flexibility index (Phi) is 4.17. The third-order valence-corrected chi connectivity index (χ3v) is 4.04. The van der Waals surface area contributed by atoms with Crippen molar-refractivity contribution >= 4 is 46.4 Å². The summed E-state index contributed by atoms with van der Waals surface area (Å²) in [4.78, 5) is 16.0. The first-order valence-electron chi connectivity index (χ1n) is 7.85. The molecule has 2 aliphatic heterocycles. The smallest absolute Gasteiger partial charge is 0.355 e. The molecule has 114 valence electrons. The normalized spacial score (nSPS) is 12.2. The molecule has 5 rings (SSSR count). The summed E-state index contributed by atoms with van der Waals surface area (Å²) in [5.74, 6) is 0. The number of hydrogen-bond acceptors (Lipinski definition) is 2. The zero-order chi connectivity index (χ0) is 15.9. The van der Waals surface area contributed by atoms with Crippen molar-refractivity contribution in [1.82, 2.24) is 19.9 Å². The van der Waals surface area contributed by atoms with Crippen molar-refractivity contribution in [3.63, 3.8) is 0 Å². The fourth-order valence-electron chi connectivity index (χ4n) is 2.94. The maximum atomic E-state index is 4.62. The van der Waals surface area contributed by atoms with E-state index in [0.29, 0.717) is 0 Å². The van der Waals surface area contributed by atoms with Crippen LogP contribution in [0, 0.1) is 0 Å². The number of hydrogen-bond donors (Lipinski definition) is 2. The number of nitrogens with one attached hydrogen (secondary N) is 2. The molecule has 0 unspecified atom stereocenters. The summed E-state index contributed by atoms with van der Waals surface area (Å²) >= 11 is 0. The van der Waals surface area contributed by atoms with E-state index in [1.165, 1.54) is 0 Å². The number of aromatic amines is 2. The minimum Gasteiger partial charge on any atom is -0.355 e. The van der Waals surface area contributed by atoms with Gasteiger partial charge in [-0.15, -0.1) is 0 Å². The summed E-state index contributed by atoms with van der Waals surface area (Å²) in [6, 6.07) is 16.4. The largest absolute Gasteiger partial charge is 1.00 e. The zero-order valence-corrected chi connectivity index (χ0v) is 15.8. The van der Waals surface area contributed by atoms with E-state index in [4.69, 9.17) is 0 Å². The van der Waals surface area contributed by atoms with Crippen molar-refractivity contribution in [3.8, 4) is 0 Å². The van der Waals surface area contributed by atoms with Crippen LogP contribution in [0.15, 0.2) is 48.5 Å². The third-order valence-electron chi connectivity index (χ3n) is 4.04. The van der Waals surface area contributed by atoms with Gasteiger partial charge in [-0.1, -0.05) is 0 Å². The van der Waals surface area contributed by atoms with E-state index in [-0.39, 0.29) is 29.6 Å². The average Bonchev–Trinajstić information content (AvgIpc) is 3.32. The molecule has 0 saturated heterocycles. The first kappa shape index (κ1) is 16.1. The molecule has 8 bridgehead atoms. The Bertz CT molecular complexity index is 1080. The van der Waals surface area contributed by atoms with Gasteiger partial charge in [-0.3, -0.25) is 0 Å². The van der Waals surface area contributed by atoms with Crippen LogP contribution in [0.25, 0.3) is 46.4 Å². The maximum absolute atomic E-state index is 4.62. The number of rotatable bonds is 0. The van der Waals surface area contributed by atoms with E-state index >= 15 is 0 Å². The molecule has 0 aromatic carbocycles. The molecule has 2 N–H and O–H groups in total. The molecule has 5 heteroatoms. The van der Waals surface area contributed by atoms with Crippen LogP contribution in [0.3, 0.4) is 0 Å². The summed E-state index contributed by atoms with van der Waals surface area (Å²) < 4.78 is 0. The van der Waals surface area contributed by atoms with Gasteiger partial charge in [-0.05, 0) is 72.8 Å². The molecule has 0 fully saturated rings. The van der Waals surface area contributed by atoms with Crippen LogP contribution in [-0.4, -0.2) is 19.9 Å². The quantitative estimate of drug-likeness (QED) is 0.424. The Morgan fingerprint density at radius 2 is 0.840 bits per heavy atom. The minimum atomic E-state index is 0.